The third-order valence-corrected chi connectivity index (χ3v) is 9.10. The lowest BCUT2D eigenvalue weighted by atomic mass is 9.53. The molecule has 158 valence electrons. The summed E-state index contributed by atoms with van der Waals surface area (Å²) in [5.41, 5.74) is 2.96. The Morgan fingerprint density at radius 1 is 1.27 bits per heavy atom. The second-order valence-electron chi connectivity index (χ2n) is 9.85. The summed E-state index contributed by atoms with van der Waals surface area (Å²) in [4.78, 5) is 15.5. The number of carbonyl (C=O) groups is 1. The number of hydrogen-bond acceptors (Lipinski definition) is 5. The van der Waals surface area contributed by atoms with Gasteiger partial charge in [-0.05, 0) is 23.1 Å². The Hall–Kier alpha value is -2.09. The summed E-state index contributed by atoms with van der Waals surface area (Å²) in [5, 5.41) is 14.1. The van der Waals surface area contributed by atoms with Crippen molar-refractivity contribution in [3.05, 3.63) is 34.6 Å². The van der Waals surface area contributed by atoms with Gasteiger partial charge in [-0.25, -0.2) is 0 Å². The molecule has 1 saturated carbocycles. The summed E-state index contributed by atoms with van der Waals surface area (Å²) in [7, 11) is 3.26. The molecule has 3 saturated heterocycles. The van der Waals surface area contributed by atoms with Crippen LogP contribution in [0, 0.1) is 17.0 Å². The van der Waals surface area contributed by atoms with Crippen molar-refractivity contribution >= 4 is 11.6 Å². The van der Waals surface area contributed by atoms with E-state index in [2.05, 4.69) is 6.08 Å². The van der Waals surface area contributed by atoms with E-state index in [1.165, 1.54) is 5.57 Å². The number of benzene rings is 1. The van der Waals surface area contributed by atoms with Gasteiger partial charge < -0.3 is 29.0 Å². The van der Waals surface area contributed by atoms with Crippen molar-refractivity contribution in [1.82, 2.24) is 0 Å². The van der Waals surface area contributed by atoms with Crippen molar-refractivity contribution in [3.63, 3.8) is 0 Å². The van der Waals surface area contributed by atoms with E-state index in [1.54, 1.807) is 14.2 Å². The van der Waals surface area contributed by atoms with Gasteiger partial charge in [0.2, 0.25) is 5.91 Å². The van der Waals surface area contributed by atoms with Crippen molar-refractivity contribution in [2.75, 3.05) is 38.8 Å². The maximum Gasteiger partial charge on any atom is 0.229 e. The maximum atomic E-state index is 14.1. The lowest BCUT2D eigenvalue weighted by Gasteiger charge is -2.61. The van der Waals surface area contributed by atoms with Gasteiger partial charge in [0.05, 0.1) is 57.0 Å². The SMILES string of the molecule is COc1cc2c(cc1OC)[C@@]13CC[N@@+]4([O-])CC5=CCO[C@H]6CC(=O)N2[C@H]1[C@H]6[C@H]5C[C@@H]34. The molecule has 5 aliphatic heterocycles. The lowest BCUT2D eigenvalue weighted by molar-refractivity contribution is -0.896. The van der Waals surface area contributed by atoms with Gasteiger partial charge in [-0.15, -0.1) is 0 Å². The molecule has 0 N–H and O–H groups in total. The van der Waals surface area contributed by atoms with Crippen molar-refractivity contribution < 1.29 is 23.7 Å². The summed E-state index contributed by atoms with van der Waals surface area (Å²) in [6.07, 6.45) is 4.18. The Bertz CT molecular complexity index is 1020. The van der Waals surface area contributed by atoms with Crippen LogP contribution in [0.4, 0.5) is 5.69 Å². The van der Waals surface area contributed by atoms with E-state index in [-0.39, 0.29) is 40.1 Å². The van der Waals surface area contributed by atoms with Crippen LogP contribution in [-0.2, 0) is 14.9 Å². The molecular weight excluding hydrogens is 384 g/mol. The molecule has 2 bridgehead atoms. The van der Waals surface area contributed by atoms with Gasteiger partial charge in [0.25, 0.3) is 0 Å². The van der Waals surface area contributed by atoms with E-state index in [0.717, 1.165) is 24.1 Å². The Kier molecular flexibility index (Phi) is 3.16. The fourth-order valence-corrected chi connectivity index (χ4v) is 8.13. The predicted octanol–water partition coefficient (Wildman–Crippen LogP) is 2.12. The minimum Gasteiger partial charge on any atom is -0.632 e. The Morgan fingerprint density at radius 3 is 2.87 bits per heavy atom. The van der Waals surface area contributed by atoms with E-state index < -0.39 is 0 Å². The standard InChI is InChI=1S/C23H26N2O5/c1-28-16-8-14-15(9-17(16)29-2)24-20(26)10-18-21-13-7-19-23(14,22(21)24)4-5-25(19,27)11-12(13)3-6-30-18/h3,8-9,13,18-19,21-22H,4-7,10-11H2,1-2H3/t13-,18-,19-,21-,22-,23+,25+/m0/s1. The van der Waals surface area contributed by atoms with Crippen LogP contribution in [0.3, 0.4) is 0 Å². The van der Waals surface area contributed by atoms with Gasteiger partial charge >= 0.3 is 0 Å². The first-order valence-corrected chi connectivity index (χ1v) is 11.0. The zero-order chi connectivity index (χ0) is 20.4. The Labute approximate surface area is 175 Å². The van der Waals surface area contributed by atoms with Crippen LogP contribution in [0.25, 0.3) is 0 Å². The molecule has 30 heavy (non-hydrogen) atoms. The molecule has 7 heteroatoms. The second kappa shape index (κ2) is 5.39. The number of fused-ring (bicyclic) bond motifs is 2. The minimum absolute atomic E-state index is 0.0185. The fraction of sp³-hybridized carbons (Fsp3) is 0.609. The molecule has 6 aliphatic rings. The van der Waals surface area contributed by atoms with Gasteiger partial charge in [-0.2, -0.15) is 0 Å². The van der Waals surface area contributed by atoms with E-state index >= 15 is 0 Å². The molecule has 1 spiro atoms. The van der Waals surface area contributed by atoms with E-state index in [9.17, 15) is 10.0 Å². The number of piperidine rings is 2. The minimum atomic E-state index is -0.328. The monoisotopic (exact) mass is 410 g/mol. The number of anilines is 1. The van der Waals surface area contributed by atoms with Crippen LogP contribution in [0.5, 0.6) is 11.5 Å². The first kappa shape index (κ1) is 17.6. The van der Waals surface area contributed by atoms with Gasteiger partial charge in [-0.3, -0.25) is 4.79 Å². The zero-order valence-electron chi connectivity index (χ0n) is 17.3. The summed E-state index contributed by atoms with van der Waals surface area (Å²) in [5.74, 6) is 1.98. The van der Waals surface area contributed by atoms with Gasteiger partial charge in [0.15, 0.2) is 11.5 Å². The third-order valence-electron chi connectivity index (χ3n) is 9.10. The molecule has 0 aromatic heterocycles. The van der Waals surface area contributed by atoms with Crippen LogP contribution in [0.15, 0.2) is 23.8 Å². The van der Waals surface area contributed by atoms with Crippen molar-refractivity contribution in [2.45, 2.75) is 42.9 Å². The molecular formula is C23H26N2O5. The average molecular weight is 410 g/mol. The highest BCUT2D eigenvalue weighted by atomic mass is 16.6. The summed E-state index contributed by atoms with van der Waals surface area (Å²) in [6, 6.07) is 3.96. The first-order chi connectivity index (χ1) is 14.5. The summed E-state index contributed by atoms with van der Waals surface area (Å²) < 4.78 is 17.3. The first-order valence-electron chi connectivity index (χ1n) is 11.0. The van der Waals surface area contributed by atoms with Crippen molar-refractivity contribution in [1.29, 1.82) is 0 Å². The molecule has 1 aromatic carbocycles. The van der Waals surface area contributed by atoms with Crippen molar-refractivity contribution in [2.24, 2.45) is 11.8 Å². The molecule has 7 atom stereocenters. The number of quaternary nitrogens is 1. The summed E-state index contributed by atoms with van der Waals surface area (Å²) in [6.45, 7) is 1.70. The van der Waals surface area contributed by atoms with Crippen LogP contribution < -0.4 is 14.4 Å². The Balaban J connectivity index is 1.54. The van der Waals surface area contributed by atoms with E-state index in [0.29, 0.717) is 43.5 Å². The van der Waals surface area contributed by atoms with Crippen LogP contribution in [0.2, 0.25) is 0 Å². The van der Waals surface area contributed by atoms with Crippen LogP contribution in [0.1, 0.15) is 24.8 Å². The highest BCUT2D eigenvalue weighted by Gasteiger charge is 2.74. The number of ether oxygens (including phenoxy) is 3. The normalized spacial score (nSPS) is 44.4. The second-order valence-corrected chi connectivity index (χ2v) is 9.85. The highest BCUT2D eigenvalue weighted by Crippen LogP contribution is 2.68. The van der Waals surface area contributed by atoms with Crippen LogP contribution >= 0.6 is 0 Å². The average Bonchev–Trinajstić information content (AvgIpc) is 3.15. The molecule has 4 fully saturated rings. The molecule has 1 aliphatic carbocycles. The molecule has 7 nitrogen and oxygen atoms in total. The van der Waals surface area contributed by atoms with Gasteiger partial charge in [-0.1, -0.05) is 6.08 Å². The largest absolute Gasteiger partial charge is 0.632 e. The molecule has 0 radical (unpaired) electrons. The van der Waals surface area contributed by atoms with E-state index in [1.807, 2.05) is 17.0 Å². The number of hydroxylamine groups is 3. The third kappa shape index (κ3) is 1.75. The lowest BCUT2D eigenvalue weighted by Crippen LogP contribution is -2.71. The van der Waals surface area contributed by atoms with Gasteiger partial charge in [0.1, 0.15) is 12.6 Å². The van der Waals surface area contributed by atoms with Gasteiger partial charge in [0, 0.05) is 24.8 Å². The topological polar surface area (TPSA) is 71.1 Å². The zero-order valence-corrected chi connectivity index (χ0v) is 17.3. The fourth-order valence-electron chi connectivity index (χ4n) is 8.13. The number of carbonyl (C=O) groups excluding carboxylic acids is 1. The smallest absolute Gasteiger partial charge is 0.229 e. The quantitative estimate of drug-likeness (QED) is 0.424. The predicted molar refractivity (Wildman–Crippen MR) is 108 cm³/mol. The number of amides is 1. The van der Waals surface area contributed by atoms with Crippen molar-refractivity contribution in [3.8, 4) is 11.5 Å². The molecule has 1 amide bonds. The highest BCUT2D eigenvalue weighted by molar-refractivity contribution is 5.99. The number of hydrogen-bond donors (Lipinski definition) is 0. The number of methoxy groups -OCH3 is 2. The molecule has 1 aromatic rings. The molecule has 7 rings (SSSR count). The maximum absolute atomic E-state index is 14.1. The number of rotatable bonds is 2. The Morgan fingerprint density at radius 2 is 2.07 bits per heavy atom. The summed E-state index contributed by atoms with van der Waals surface area (Å²) >= 11 is 0. The number of nitrogens with zero attached hydrogens (tertiary/aromatic N) is 2. The van der Waals surface area contributed by atoms with E-state index in [4.69, 9.17) is 14.2 Å². The van der Waals surface area contributed by atoms with Crippen LogP contribution in [-0.4, -0.2) is 62.7 Å². The molecule has 0 unspecified atom stereocenters. The molecule has 5 heterocycles.